The van der Waals surface area contributed by atoms with Gasteiger partial charge in [0, 0.05) is 6.61 Å². The van der Waals surface area contributed by atoms with Crippen molar-refractivity contribution in [3.05, 3.63) is 0 Å². The standard InChI is InChI=1S/C17H36O3/c1-4-6-8-9-10-11-12-17(18)15-19-14-16(3)20-13-7-5-2/h16-18H,4-15H2,1-3H3. The molecular weight excluding hydrogens is 252 g/mol. The lowest BCUT2D eigenvalue weighted by atomic mass is 10.1. The van der Waals surface area contributed by atoms with Gasteiger partial charge in [-0.15, -0.1) is 0 Å². The van der Waals surface area contributed by atoms with Crippen LogP contribution in [0, 0.1) is 0 Å². The van der Waals surface area contributed by atoms with Crippen molar-refractivity contribution in [2.24, 2.45) is 0 Å². The van der Waals surface area contributed by atoms with E-state index in [1.807, 2.05) is 6.92 Å². The molecule has 2 unspecified atom stereocenters. The fraction of sp³-hybridized carbons (Fsp3) is 1.00. The molecule has 0 saturated heterocycles. The molecule has 0 heterocycles. The minimum absolute atomic E-state index is 0.128. The zero-order valence-corrected chi connectivity index (χ0v) is 13.9. The highest BCUT2D eigenvalue weighted by molar-refractivity contribution is 4.56. The van der Waals surface area contributed by atoms with E-state index in [1.54, 1.807) is 0 Å². The van der Waals surface area contributed by atoms with Crippen LogP contribution in [0.4, 0.5) is 0 Å². The SMILES string of the molecule is CCCCCCCCC(O)COCC(C)OCCCC. The molecule has 0 aliphatic carbocycles. The van der Waals surface area contributed by atoms with E-state index in [4.69, 9.17) is 9.47 Å². The Kier molecular flexibility index (Phi) is 15.2. The quantitative estimate of drug-likeness (QED) is 0.456. The normalized spacial score (nSPS) is 14.4. The van der Waals surface area contributed by atoms with Gasteiger partial charge in [0.25, 0.3) is 0 Å². The summed E-state index contributed by atoms with van der Waals surface area (Å²) in [6.45, 7) is 8.24. The molecule has 3 heteroatoms. The van der Waals surface area contributed by atoms with E-state index in [0.717, 1.165) is 32.3 Å². The van der Waals surface area contributed by atoms with Gasteiger partial charge in [0.05, 0.1) is 25.4 Å². The summed E-state index contributed by atoms with van der Waals surface area (Å²) in [6, 6.07) is 0. The number of rotatable bonds is 15. The molecule has 0 aromatic heterocycles. The largest absolute Gasteiger partial charge is 0.391 e. The van der Waals surface area contributed by atoms with E-state index in [1.165, 1.54) is 32.1 Å². The van der Waals surface area contributed by atoms with Crippen LogP contribution >= 0.6 is 0 Å². The Labute approximate surface area is 126 Å². The molecule has 122 valence electrons. The Morgan fingerprint density at radius 1 is 0.850 bits per heavy atom. The van der Waals surface area contributed by atoms with Gasteiger partial charge in [-0.05, 0) is 19.8 Å². The molecule has 0 aliphatic heterocycles. The van der Waals surface area contributed by atoms with Crippen LogP contribution in [0.15, 0.2) is 0 Å². The first-order valence-electron chi connectivity index (χ1n) is 8.58. The second kappa shape index (κ2) is 15.3. The monoisotopic (exact) mass is 288 g/mol. The van der Waals surface area contributed by atoms with E-state index in [9.17, 15) is 5.11 Å². The highest BCUT2D eigenvalue weighted by atomic mass is 16.5. The molecule has 0 rings (SSSR count). The van der Waals surface area contributed by atoms with Crippen LogP contribution in [0.5, 0.6) is 0 Å². The van der Waals surface area contributed by atoms with Gasteiger partial charge < -0.3 is 14.6 Å². The average Bonchev–Trinajstić information content (AvgIpc) is 2.43. The Balaban J connectivity index is 3.28. The van der Waals surface area contributed by atoms with Crippen molar-refractivity contribution in [1.82, 2.24) is 0 Å². The summed E-state index contributed by atoms with van der Waals surface area (Å²) < 4.78 is 11.1. The molecule has 3 nitrogen and oxygen atoms in total. The zero-order valence-electron chi connectivity index (χ0n) is 13.9. The predicted octanol–water partition coefficient (Wildman–Crippen LogP) is 4.32. The van der Waals surface area contributed by atoms with Crippen molar-refractivity contribution in [2.45, 2.75) is 90.8 Å². The third-order valence-electron chi connectivity index (χ3n) is 3.45. The summed E-state index contributed by atoms with van der Waals surface area (Å²) in [5.74, 6) is 0. The summed E-state index contributed by atoms with van der Waals surface area (Å²) in [6.07, 6.45) is 10.5. The Morgan fingerprint density at radius 3 is 2.20 bits per heavy atom. The maximum absolute atomic E-state index is 9.81. The first-order chi connectivity index (χ1) is 9.70. The van der Waals surface area contributed by atoms with Crippen LogP contribution in [-0.4, -0.2) is 37.1 Å². The number of aliphatic hydroxyl groups excluding tert-OH is 1. The lowest BCUT2D eigenvalue weighted by molar-refractivity contribution is -0.0339. The number of hydrogen-bond acceptors (Lipinski definition) is 3. The van der Waals surface area contributed by atoms with Crippen molar-refractivity contribution < 1.29 is 14.6 Å². The van der Waals surface area contributed by atoms with Gasteiger partial charge >= 0.3 is 0 Å². The van der Waals surface area contributed by atoms with E-state index >= 15 is 0 Å². The molecule has 0 saturated carbocycles. The topological polar surface area (TPSA) is 38.7 Å². The van der Waals surface area contributed by atoms with Crippen molar-refractivity contribution in [3.8, 4) is 0 Å². The lowest BCUT2D eigenvalue weighted by Gasteiger charge is -2.15. The predicted molar refractivity (Wildman–Crippen MR) is 85.1 cm³/mol. The van der Waals surface area contributed by atoms with E-state index in [-0.39, 0.29) is 12.2 Å². The molecular formula is C17H36O3. The van der Waals surface area contributed by atoms with Gasteiger partial charge in [-0.2, -0.15) is 0 Å². The summed E-state index contributed by atoms with van der Waals surface area (Å²) >= 11 is 0. The molecule has 0 spiro atoms. The molecule has 1 N–H and O–H groups in total. The van der Waals surface area contributed by atoms with Gasteiger partial charge in [-0.25, -0.2) is 0 Å². The van der Waals surface area contributed by atoms with Crippen molar-refractivity contribution in [3.63, 3.8) is 0 Å². The Hall–Kier alpha value is -0.120. The van der Waals surface area contributed by atoms with Gasteiger partial charge in [-0.1, -0.05) is 58.8 Å². The maximum Gasteiger partial charge on any atom is 0.0780 e. The summed E-state index contributed by atoms with van der Waals surface area (Å²) in [5.41, 5.74) is 0. The summed E-state index contributed by atoms with van der Waals surface area (Å²) in [5, 5.41) is 9.81. The minimum Gasteiger partial charge on any atom is -0.391 e. The molecule has 0 aromatic rings. The maximum atomic E-state index is 9.81. The van der Waals surface area contributed by atoms with Crippen LogP contribution < -0.4 is 0 Å². The lowest BCUT2D eigenvalue weighted by Crippen LogP contribution is -2.22. The molecule has 0 radical (unpaired) electrons. The van der Waals surface area contributed by atoms with Gasteiger partial charge in [0.15, 0.2) is 0 Å². The number of unbranched alkanes of at least 4 members (excludes halogenated alkanes) is 6. The van der Waals surface area contributed by atoms with Crippen molar-refractivity contribution in [1.29, 1.82) is 0 Å². The minimum atomic E-state index is -0.316. The van der Waals surface area contributed by atoms with Gasteiger partial charge in [0.2, 0.25) is 0 Å². The highest BCUT2D eigenvalue weighted by Crippen LogP contribution is 2.09. The number of aliphatic hydroxyl groups is 1. The highest BCUT2D eigenvalue weighted by Gasteiger charge is 2.07. The van der Waals surface area contributed by atoms with E-state index in [0.29, 0.717) is 13.2 Å². The van der Waals surface area contributed by atoms with Crippen LogP contribution in [0.25, 0.3) is 0 Å². The van der Waals surface area contributed by atoms with Crippen molar-refractivity contribution in [2.75, 3.05) is 19.8 Å². The molecule has 0 fully saturated rings. The average molecular weight is 288 g/mol. The smallest absolute Gasteiger partial charge is 0.0780 e. The van der Waals surface area contributed by atoms with E-state index < -0.39 is 0 Å². The first kappa shape index (κ1) is 19.9. The third-order valence-corrected chi connectivity index (χ3v) is 3.45. The third kappa shape index (κ3) is 14.3. The molecule has 0 amide bonds. The zero-order chi connectivity index (χ0) is 15.1. The second-order valence-electron chi connectivity index (χ2n) is 5.78. The molecule has 0 aromatic carbocycles. The van der Waals surface area contributed by atoms with Crippen molar-refractivity contribution >= 4 is 0 Å². The molecule has 20 heavy (non-hydrogen) atoms. The molecule has 0 aliphatic rings. The number of ether oxygens (including phenoxy) is 2. The van der Waals surface area contributed by atoms with Crippen LogP contribution in [0.2, 0.25) is 0 Å². The van der Waals surface area contributed by atoms with Crippen LogP contribution in [0.1, 0.15) is 78.6 Å². The Morgan fingerprint density at radius 2 is 1.50 bits per heavy atom. The fourth-order valence-corrected chi connectivity index (χ4v) is 2.09. The Bertz CT molecular complexity index is 185. The fourth-order valence-electron chi connectivity index (χ4n) is 2.09. The van der Waals surface area contributed by atoms with Gasteiger partial charge in [0.1, 0.15) is 0 Å². The molecule has 0 bridgehead atoms. The summed E-state index contributed by atoms with van der Waals surface area (Å²) in [4.78, 5) is 0. The second-order valence-corrected chi connectivity index (χ2v) is 5.78. The van der Waals surface area contributed by atoms with Crippen LogP contribution in [-0.2, 0) is 9.47 Å². The van der Waals surface area contributed by atoms with Gasteiger partial charge in [-0.3, -0.25) is 0 Å². The molecule has 2 atom stereocenters. The summed E-state index contributed by atoms with van der Waals surface area (Å²) in [7, 11) is 0. The first-order valence-corrected chi connectivity index (χ1v) is 8.58. The van der Waals surface area contributed by atoms with Crippen LogP contribution in [0.3, 0.4) is 0 Å². The number of hydrogen-bond donors (Lipinski definition) is 1. The van der Waals surface area contributed by atoms with E-state index in [2.05, 4.69) is 13.8 Å².